The van der Waals surface area contributed by atoms with Gasteiger partial charge in [0.25, 0.3) is 0 Å². The first kappa shape index (κ1) is 8.53. The third-order valence-electron chi connectivity index (χ3n) is 1.94. The summed E-state index contributed by atoms with van der Waals surface area (Å²) >= 11 is 0. The van der Waals surface area contributed by atoms with Crippen molar-refractivity contribution >= 4 is 5.97 Å². The van der Waals surface area contributed by atoms with Gasteiger partial charge in [0.15, 0.2) is 0 Å². The topological polar surface area (TPSA) is 46.5 Å². The maximum Gasteiger partial charge on any atom is 0.303 e. The molecule has 1 fully saturated rings. The molecule has 3 heteroatoms. The first-order chi connectivity index (χ1) is 5.12. The van der Waals surface area contributed by atoms with Crippen LogP contribution in [0.15, 0.2) is 0 Å². The van der Waals surface area contributed by atoms with Gasteiger partial charge in [-0.05, 0) is 26.2 Å². The van der Waals surface area contributed by atoms with Crippen molar-refractivity contribution in [3.05, 3.63) is 0 Å². The van der Waals surface area contributed by atoms with Gasteiger partial charge >= 0.3 is 5.97 Å². The molecule has 1 rings (SSSR count). The molecule has 1 N–H and O–H groups in total. The van der Waals surface area contributed by atoms with Crippen molar-refractivity contribution in [1.82, 2.24) is 0 Å². The Kier molecular flexibility index (Phi) is 2.49. The summed E-state index contributed by atoms with van der Waals surface area (Å²) in [6.07, 6.45) is 3.10. The predicted molar refractivity (Wildman–Crippen MR) is 40.5 cm³/mol. The third kappa shape index (κ3) is 3.37. The van der Waals surface area contributed by atoms with Crippen molar-refractivity contribution in [2.45, 2.75) is 38.2 Å². The average Bonchev–Trinajstić information content (AvgIpc) is 2.62. The summed E-state index contributed by atoms with van der Waals surface area (Å²) in [4.78, 5) is 10.1. The minimum atomic E-state index is -0.741. The van der Waals surface area contributed by atoms with Crippen LogP contribution in [-0.2, 0) is 9.53 Å². The SMILES string of the molecule is CC1(OCCCC(=O)O)CC1. The number of carboxylic acid groups (broad SMARTS) is 1. The van der Waals surface area contributed by atoms with Crippen LogP contribution in [0.4, 0.5) is 0 Å². The van der Waals surface area contributed by atoms with Crippen LogP contribution in [0.1, 0.15) is 32.6 Å². The zero-order valence-electron chi connectivity index (χ0n) is 6.80. The van der Waals surface area contributed by atoms with E-state index in [4.69, 9.17) is 9.84 Å². The number of hydrogen-bond donors (Lipinski definition) is 1. The normalized spacial score (nSPS) is 19.7. The van der Waals surface area contributed by atoms with Gasteiger partial charge in [0, 0.05) is 13.0 Å². The van der Waals surface area contributed by atoms with Crippen LogP contribution in [0.25, 0.3) is 0 Å². The summed E-state index contributed by atoms with van der Waals surface area (Å²) < 4.78 is 5.43. The highest BCUT2D eigenvalue weighted by atomic mass is 16.5. The Labute approximate surface area is 66.4 Å². The van der Waals surface area contributed by atoms with E-state index in [1.165, 1.54) is 0 Å². The van der Waals surface area contributed by atoms with Crippen molar-refractivity contribution < 1.29 is 14.6 Å². The molecule has 0 amide bonds. The lowest BCUT2D eigenvalue weighted by atomic mass is 10.3. The van der Waals surface area contributed by atoms with E-state index in [-0.39, 0.29) is 12.0 Å². The lowest BCUT2D eigenvalue weighted by Gasteiger charge is -2.08. The number of carboxylic acids is 1. The summed E-state index contributed by atoms with van der Waals surface area (Å²) in [6, 6.07) is 0. The van der Waals surface area contributed by atoms with Gasteiger partial charge in [0.1, 0.15) is 0 Å². The van der Waals surface area contributed by atoms with Gasteiger partial charge < -0.3 is 9.84 Å². The highest BCUT2D eigenvalue weighted by Gasteiger charge is 2.38. The maximum absolute atomic E-state index is 10.1. The average molecular weight is 158 g/mol. The van der Waals surface area contributed by atoms with Crippen LogP contribution in [0, 0.1) is 0 Å². The predicted octanol–water partition coefficient (Wildman–Crippen LogP) is 1.42. The van der Waals surface area contributed by atoms with Crippen LogP contribution in [0.2, 0.25) is 0 Å². The Morgan fingerprint density at radius 1 is 1.64 bits per heavy atom. The first-order valence-electron chi connectivity index (χ1n) is 3.98. The second-order valence-electron chi connectivity index (χ2n) is 3.30. The standard InChI is InChI=1S/C8H14O3/c1-8(4-5-8)11-6-2-3-7(9)10/h2-6H2,1H3,(H,9,10). The second-order valence-corrected chi connectivity index (χ2v) is 3.30. The number of carbonyl (C=O) groups is 1. The molecule has 0 radical (unpaired) electrons. The molecule has 0 bridgehead atoms. The third-order valence-corrected chi connectivity index (χ3v) is 1.94. The van der Waals surface area contributed by atoms with Crippen molar-refractivity contribution in [2.75, 3.05) is 6.61 Å². The quantitative estimate of drug-likeness (QED) is 0.615. The Morgan fingerprint density at radius 2 is 2.27 bits per heavy atom. The zero-order valence-corrected chi connectivity index (χ0v) is 6.80. The van der Waals surface area contributed by atoms with E-state index in [1.807, 2.05) is 0 Å². The molecule has 0 saturated heterocycles. The molecule has 3 nitrogen and oxygen atoms in total. The van der Waals surface area contributed by atoms with Gasteiger partial charge in [-0.15, -0.1) is 0 Å². The molecule has 0 aromatic rings. The van der Waals surface area contributed by atoms with Gasteiger partial charge in [0.05, 0.1) is 5.60 Å². The molecule has 1 aliphatic rings. The summed E-state index contributed by atoms with van der Waals surface area (Å²) in [7, 11) is 0. The zero-order chi connectivity index (χ0) is 8.32. The Hall–Kier alpha value is -0.570. The van der Waals surface area contributed by atoms with E-state index in [2.05, 4.69) is 6.92 Å². The van der Waals surface area contributed by atoms with Gasteiger partial charge in [-0.2, -0.15) is 0 Å². The van der Waals surface area contributed by atoms with E-state index in [1.54, 1.807) is 0 Å². The number of hydrogen-bond acceptors (Lipinski definition) is 2. The highest BCUT2D eigenvalue weighted by molar-refractivity contribution is 5.66. The van der Waals surface area contributed by atoms with Crippen LogP contribution in [-0.4, -0.2) is 23.3 Å². The lowest BCUT2D eigenvalue weighted by Crippen LogP contribution is -2.10. The molecular formula is C8H14O3. The van der Waals surface area contributed by atoms with Crippen LogP contribution >= 0.6 is 0 Å². The van der Waals surface area contributed by atoms with E-state index in [0.29, 0.717) is 13.0 Å². The maximum atomic E-state index is 10.1. The summed E-state index contributed by atoms with van der Waals surface area (Å²) in [5, 5.41) is 8.30. The van der Waals surface area contributed by atoms with E-state index >= 15 is 0 Å². The summed E-state index contributed by atoms with van der Waals surface area (Å²) in [5.41, 5.74) is 0.0957. The molecule has 0 aliphatic heterocycles. The minimum Gasteiger partial charge on any atom is -0.481 e. The van der Waals surface area contributed by atoms with Crippen molar-refractivity contribution in [1.29, 1.82) is 0 Å². The van der Waals surface area contributed by atoms with Gasteiger partial charge in [-0.3, -0.25) is 4.79 Å². The van der Waals surface area contributed by atoms with E-state index in [9.17, 15) is 4.79 Å². The van der Waals surface area contributed by atoms with Crippen LogP contribution in [0.3, 0.4) is 0 Å². The highest BCUT2D eigenvalue weighted by Crippen LogP contribution is 2.38. The molecule has 0 atom stereocenters. The monoisotopic (exact) mass is 158 g/mol. The molecule has 0 spiro atoms. The number of rotatable bonds is 5. The van der Waals surface area contributed by atoms with Gasteiger partial charge in [-0.25, -0.2) is 0 Å². The van der Waals surface area contributed by atoms with Crippen LogP contribution in [0.5, 0.6) is 0 Å². The fraction of sp³-hybridized carbons (Fsp3) is 0.875. The summed E-state index contributed by atoms with van der Waals surface area (Å²) in [5.74, 6) is -0.741. The largest absolute Gasteiger partial charge is 0.481 e. The molecule has 0 aromatic carbocycles. The van der Waals surface area contributed by atoms with E-state index in [0.717, 1.165) is 12.8 Å². The van der Waals surface area contributed by atoms with Crippen molar-refractivity contribution in [3.63, 3.8) is 0 Å². The molecule has 0 heterocycles. The smallest absolute Gasteiger partial charge is 0.303 e. The Bertz CT molecular complexity index is 149. The Balaban J connectivity index is 1.92. The van der Waals surface area contributed by atoms with Crippen molar-refractivity contribution in [2.24, 2.45) is 0 Å². The molecular weight excluding hydrogens is 144 g/mol. The number of ether oxygens (including phenoxy) is 1. The van der Waals surface area contributed by atoms with Gasteiger partial charge in [-0.1, -0.05) is 0 Å². The van der Waals surface area contributed by atoms with Gasteiger partial charge in [0.2, 0.25) is 0 Å². The second kappa shape index (κ2) is 3.22. The van der Waals surface area contributed by atoms with Crippen LogP contribution < -0.4 is 0 Å². The molecule has 64 valence electrons. The molecule has 0 aromatic heterocycles. The fourth-order valence-electron chi connectivity index (χ4n) is 0.862. The molecule has 11 heavy (non-hydrogen) atoms. The lowest BCUT2D eigenvalue weighted by molar-refractivity contribution is -0.137. The first-order valence-corrected chi connectivity index (χ1v) is 3.98. The molecule has 1 saturated carbocycles. The minimum absolute atomic E-state index is 0.0957. The fourth-order valence-corrected chi connectivity index (χ4v) is 0.862. The Morgan fingerprint density at radius 3 is 2.73 bits per heavy atom. The van der Waals surface area contributed by atoms with Crippen molar-refractivity contribution in [3.8, 4) is 0 Å². The summed E-state index contributed by atoms with van der Waals surface area (Å²) in [6.45, 7) is 2.65. The molecule has 0 unspecified atom stereocenters. The van der Waals surface area contributed by atoms with E-state index < -0.39 is 5.97 Å². The number of aliphatic carboxylic acids is 1. The molecule has 1 aliphatic carbocycles.